The summed E-state index contributed by atoms with van der Waals surface area (Å²) in [6, 6.07) is 19.2. The fourth-order valence-corrected chi connectivity index (χ4v) is 2.18. The van der Waals surface area contributed by atoms with Crippen LogP contribution in [0.3, 0.4) is 0 Å². The Balaban J connectivity index is 1.91. The number of carboxylic acid groups (broad SMARTS) is 1. The van der Waals surface area contributed by atoms with Crippen molar-refractivity contribution in [2.45, 2.75) is 6.54 Å². The molecule has 3 rings (SSSR count). The molecule has 0 radical (unpaired) electrons. The molecule has 0 spiro atoms. The zero-order valence-electron chi connectivity index (χ0n) is 12.3. The molecular weight excluding hydrogens is 290 g/mol. The van der Waals surface area contributed by atoms with Crippen molar-refractivity contribution in [2.75, 3.05) is 5.32 Å². The van der Waals surface area contributed by atoms with Gasteiger partial charge in [0.2, 0.25) is 0 Å². The van der Waals surface area contributed by atoms with Crippen LogP contribution in [0.25, 0.3) is 11.4 Å². The lowest BCUT2D eigenvalue weighted by Crippen LogP contribution is -2.10. The van der Waals surface area contributed by atoms with Gasteiger partial charge in [0.15, 0.2) is 5.82 Å². The molecule has 0 unspecified atom stereocenters. The quantitative estimate of drug-likeness (QED) is 0.755. The summed E-state index contributed by atoms with van der Waals surface area (Å²) < 4.78 is 0. The van der Waals surface area contributed by atoms with E-state index in [1.165, 1.54) is 6.20 Å². The number of carboxylic acids is 1. The Hall–Kier alpha value is -3.21. The summed E-state index contributed by atoms with van der Waals surface area (Å²) >= 11 is 0. The Morgan fingerprint density at radius 2 is 1.65 bits per heavy atom. The van der Waals surface area contributed by atoms with Gasteiger partial charge in [-0.25, -0.2) is 14.8 Å². The summed E-state index contributed by atoms with van der Waals surface area (Å²) in [6.45, 7) is 0.492. The SMILES string of the molecule is O=C(O)c1cnc(-c2ccccc2)nc1NCc1ccccc1. The Morgan fingerprint density at radius 3 is 2.30 bits per heavy atom. The predicted octanol–water partition coefficient (Wildman–Crippen LogP) is 3.45. The Kier molecular flexibility index (Phi) is 4.29. The molecule has 0 amide bonds. The molecule has 23 heavy (non-hydrogen) atoms. The van der Waals surface area contributed by atoms with E-state index in [9.17, 15) is 9.90 Å². The molecule has 5 heteroatoms. The largest absolute Gasteiger partial charge is 0.477 e. The second kappa shape index (κ2) is 6.70. The smallest absolute Gasteiger partial charge is 0.341 e. The second-order valence-electron chi connectivity index (χ2n) is 4.97. The lowest BCUT2D eigenvalue weighted by molar-refractivity contribution is 0.0697. The van der Waals surface area contributed by atoms with E-state index >= 15 is 0 Å². The molecule has 0 bridgehead atoms. The first-order valence-electron chi connectivity index (χ1n) is 7.17. The van der Waals surface area contributed by atoms with Crippen molar-refractivity contribution in [1.82, 2.24) is 9.97 Å². The molecule has 0 aliphatic rings. The molecule has 2 aromatic carbocycles. The van der Waals surface area contributed by atoms with E-state index in [4.69, 9.17) is 0 Å². The molecule has 0 aliphatic heterocycles. The van der Waals surface area contributed by atoms with Crippen molar-refractivity contribution < 1.29 is 9.90 Å². The lowest BCUT2D eigenvalue weighted by Gasteiger charge is -2.10. The van der Waals surface area contributed by atoms with Gasteiger partial charge in [0.25, 0.3) is 0 Å². The van der Waals surface area contributed by atoms with Gasteiger partial charge in [-0.2, -0.15) is 0 Å². The lowest BCUT2D eigenvalue weighted by atomic mass is 10.2. The Bertz CT molecular complexity index is 805. The van der Waals surface area contributed by atoms with Crippen LogP contribution in [0.5, 0.6) is 0 Å². The number of carbonyl (C=O) groups is 1. The molecule has 0 fully saturated rings. The number of aromatic nitrogens is 2. The van der Waals surface area contributed by atoms with Crippen molar-refractivity contribution in [3.05, 3.63) is 78.0 Å². The predicted molar refractivity (Wildman–Crippen MR) is 88.2 cm³/mol. The van der Waals surface area contributed by atoms with Crippen LogP contribution in [0.1, 0.15) is 15.9 Å². The number of nitrogens with zero attached hydrogens (tertiary/aromatic N) is 2. The summed E-state index contributed by atoms with van der Waals surface area (Å²) in [5.74, 6) is -0.249. The first-order valence-corrected chi connectivity index (χ1v) is 7.17. The van der Waals surface area contributed by atoms with Gasteiger partial charge in [-0.15, -0.1) is 0 Å². The third-order valence-corrected chi connectivity index (χ3v) is 3.35. The average molecular weight is 305 g/mol. The molecule has 0 saturated heterocycles. The molecule has 2 N–H and O–H groups in total. The molecule has 0 aliphatic carbocycles. The molecule has 1 heterocycles. The van der Waals surface area contributed by atoms with E-state index < -0.39 is 5.97 Å². The van der Waals surface area contributed by atoms with Crippen LogP contribution in [0, 0.1) is 0 Å². The number of aromatic carboxylic acids is 1. The molecule has 0 saturated carbocycles. The van der Waals surface area contributed by atoms with Crippen LogP contribution in [0.4, 0.5) is 5.82 Å². The van der Waals surface area contributed by atoms with Gasteiger partial charge in [0.05, 0.1) is 0 Å². The zero-order valence-corrected chi connectivity index (χ0v) is 12.3. The zero-order chi connectivity index (χ0) is 16.1. The summed E-state index contributed by atoms with van der Waals surface area (Å²) in [4.78, 5) is 19.9. The number of anilines is 1. The number of benzene rings is 2. The van der Waals surface area contributed by atoms with Gasteiger partial charge in [-0.05, 0) is 5.56 Å². The number of rotatable bonds is 5. The molecule has 3 aromatic rings. The van der Waals surface area contributed by atoms with Gasteiger partial charge in [0.1, 0.15) is 11.4 Å². The van der Waals surface area contributed by atoms with Crippen LogP contribution < -0.4 is 5.32 Å². The maximum Gasteiger partial charge on any atom is 0.341 e. The highest BCUT2D eigenvalue weighted by molar-refractivity contribution is 5.93. The van der Waals surface area contributed by atoms with Gasteiger partial charge in [0, 0.05) is 18.3 Å². The Labute approximate surface area is 133 Å². The van der Waals surface area contributed by atoms with Gasteiger partial charge in [-0.1, -0.05) is 60.7 Å². The highest BCUT2D eigenvalue weighted by Gasteiger charge is 2.14. The molecular formula is C18H15N3O2. The number of nitrogens with one attached hydrogen (secondary N) is 1. The van der Waals surface area contributed by atoms with Crippen molar-refractivity contribution in [3.8, 4) is 11.4 Å². The maximum atomic E-state index is 11.4. The summed E-state index contributed by atoms with van der Waals surface area (Å²) in [5, 5.41) is 12.4. The van der Waals surface area contributed by atoms with Crippen LogP contribution >= 0.6 is 0 Å². The van der Waals surface area contributed by atoms with Crippen molar-refractivity contribution in [2.24, 2.45) is 0 Å². The van der Waals surface area contributed by atoms with E-state index in [2.05, 4.69) is 15.3 Å². The van der Waals surface area contributed by atoms with Crippen LogP contribution in [-0.2, 0) is 6.54 Å². The van der Waals surface area contributed by atoms with E-state index in [0.717, 1.165) is 11.1 Å². The summed E-state index contributed by atoms with van der Waals surface area (Å²) in [6.07, 6.45) is 1.34. The standard InChI is InChI=1S/C18H15N3O2/c22-18(23)15-12-20-16(14-9-5-2-6-10-14)21-17(15)19-11-13-7-3-1-4-8-13/h1-10,12H,11H2,(H,22,23)(H,19,20,21). The van der Waals surface area contributed by atoms with Gasteiger partial charge in [-0.3, -0.25) is 0 Å². The first kappa shape index (κ1) is 14.7. The normalized spacial score (nSPS) is 10.3. The van der Waals surface area contributed by atoms with E-state index in [1.807, 2.05) is 60.7 Å². The highest BCUT2D eigenvalue weighted by Crippen LogP contribution is 2.19. The minimum absolute atomic E-state index is 0.0561. The van der Waals surface area contributed by atoms with Crippen LogP contribution in [0.2, 0.25) is 0 Å². The minimum atomic E-state index is -1.06. The average Bonchev–Trinajstić information content (AvgIpc) is 2.61. The third-order valence-electron chi connectivity index (χ3n) is 3.35. The van der Waals surface area contributed by atoms with Crippen molar-refractivity contribution in [3.63, 3.8) is 0 Å². The molecule has 0 atom stereocenters. The first-order chi connectivity index (χ1) is 11.2. The number of hydrogen-bond acceptors (Lipinski definition) is 4. The van der Waals surface area contributed by atoms with Crippen molar-refractivity contribution in [1.29, 1.82) is 0 Å². The molecule has 114 valence electrons. The fourth-order valence-electron chi connectivity index (χ4n) is 2.18. The van der Waals surface area contributed by atoms with Crippen LogP contribution in [0.15, 0.2) is 66.9 Å². The third kappa shape index (κ3) is 3.52. The topological polar surface area (TPSA) is 75.1 Å². The Morgan fingerprint density at radius 1 is 1.00 bits per heavy atom. The maximum absolute atomic E-state index is 11.4. The van der Waals surface area contributed by atoms with E-state index in [0.29, 0.717) is 18.2 Å². The monoisotopic (exact) mass is 305 g/mol. The summed E-state index contributed by atoms with van der Waals surface area (Å²) in [5.41, 5.74) is 1.94. The summed E-state index contributed by atoms with van der Waals surface area (Å²) in [7, 11) is 0. The highest BCUT2D eigenvalue weighted by atomic mass is 16.4. The van der Waals surface area contributed by atoms with E-state index in [1.54, 1.807) is 0 Å². The molecule has 5 nitrogen and oxygen atoms in total. The van der Waals surface area contributed by atoms with Gasteiger partial charge < -0.3 is 10.4 Å². The fraction of sp³-hybridized carbons (Fsp3) is 0.0556. The van der Waals surface area contributed by atoms with Crippen LogP contribution in [-0.4, -0.2) is 21.0 Å². The molecule has 1 aromatic heterocycles. The number of hydrogen-bond donors (Lipinski definition) is 2. The van der Waals surface area contributed by atoms with Crippen molar-refractivity contribution >= 4 is 11.8 Å². The second-order valence-corrected chi connectivity index (χ2v) is 4.97. The van der Waals surface area contributed by atoms with E-state index in [-0.39, 0.29) is 5.56 Å². The minimum Gasteiger partial charge on any atom is -0.477 e. The van der Waals surface area contributed by atoms with Gasteiger partial charge >= 0.3 is 5.97 Å².